The number of aromatic hydroxyl groups is 1. The van der Waals surface area contributed by atoms with E-state index in [2.05, 4.69) is 10.1 Å². The van der Waals surface area contributed by atoms with Crippen LogP contribution in [0.1, 0.15) is 25.8 Å². The third kappa shape index (κ3) is 8.01. The number of rotatable bonds is 8. The molecule has 0 aliphatic carbocycles. The Bertz CT molecular complexity index is 731. The number of carboxylic acids is 1. The molecule has 0 heterocycles. The molecule has 11 nitrogen and oxygen atoms in total. The molecule has 0 saturated heterocycles. The topological polar surface area (TPSA) is 197 Å². The number of phenols is 1. The summed E-state index contributed by atoms with van der Waals surface area (Å²) >= 11 is 0. The summed E-state index contributed by atoms with van der Waals surface area (Å²) in [6.07, 6.45) is 0.448. The number of nitrogens with one attached hydrogen (secondary N) is 1. The van der Waals surface area contributed by atoms with Crippen molar-refractivity contribution in [3.8, 4) is 11.5 Å². The molecule has 1 amide bonds. The van der Waals surface area contributed by atoms with Gasteiger partial charge in [0.05, 0.1) is 6.61 Å². The fraction of sp³-hybridized carbons (Fsp3) is 0.412. The molecule has 1 aromatic rings. The van der Waals surface area contributed by atoms with Gasteiger partial charge in [-0.15, -0.1) is 0 Å². The minimum atomic E-state index is -1.80. The molecule has 0 saturated carbocycles. The first kappa shape index (κ1) is 24.8. The minimum Gasteiger partial charge on any atom is -0.504 e. The van der Waals surface area contributed by atoms with E-state index in [0.29, 0.717) is 18.5 Å². The molecular weight excluding hydrogens is 376 g/mol. The highest BCUT2D eigenvalue weighted by atomic mass is 16.6. The number of carboxylic acid groups (broad SMARTS) is 1. The predicted octanol–water partition coefficient (Wildman–Crippen LogP) is -1.11. The van der Waals surface area contributed by atoms with Crippen LogP contribution in [0.4, 0.5) is 0 Å². The predicted molar refractivity (Wildman–Crippen MR) is 95.5 cm³/mol. The molecule has 156 valence electrons. The van der Waals surface area contributed by atoms with Crippen molar-refractivity contribution >= 4 is 23.8 Å². The van der Waals surface area contributed by atoms with Crippen molar-refractivity contribution in [2.24, 2.45) is 5.73 Å². The van der Waals surface area contributed by atoms with Crippen molar-refractivity contribution in [2.75, 3.05) is 13.2 Å². The third-order valence-electron chi connectivity index (χ3n) is 3.37. The molecule has 0 bridgehead atoms. The third-order valence-corrected chi connectivity index (χ3v) is 3.37. The van der Waals surface area contributed by atoms with E-state index in [1.165, 1.54) is 32.0 Å². The van der Waals surface area contributed by atoms with Crippen molar-refractivity contribution in [1.82, 2.24) is 5.32 Å². The summed E-state index contributed by atoms with van der Waals surface area (Å²) in [7, 11) is 0. The van der Waals surface area contributed by atoms with Gasteiger partial charge in [0.25, 0.3) is 0 Å². The second-order valence-corrected chi connectivity index (χ2v) is 6.06. The van der Waals surface area contributed by atoms with E-state index in [1.54, 1.807) is 0 Å². The summed E-state index contributed by atoms with van der Waals surface area (Å²) in [6.45, 7) is 3.29. The molecule has 1 rings (SSSR count). The zero-order chi connectivity index (χ0) is 20.6. The van der Waals surface area contributed by atoms with Crippen LogP contribution in [0.15, 0.2) is 18.2 Å². The van der Waals surface area contributed by atoms with E-state index in [-0.39, 0.29) is 30.2 Å². The maximum atomic E-state index is 12.1. The van der Waals surface area contributed by atoms with Crippen LogP contribution in [-0.4, -0.2) is 58.2 Å². The van der Waals surface area contributed by atoms with Crippen molar-refractivity contribution in [3.05, 3.63) is 23.8 Å². The number of carbonyl (C=O) groups is 4. The van der Waals surface area contributed by atoms with E-state index >= 15 is 0 Å². The van der Waals surface area contributed by atoms with Crippen LogP contribution < -0.4 is 15.8 Å². The first-order chi connectivity index (χ1) is 12.5. The molecule has 0 unspecified atom stereocenters. The molecule has 0 aliphatic heterocycles. The smallest absolute Gasteiger partial charge is 0.422 e. The lowest BCUT2D eigenvalue weighted by Crippen LogP contribution is -2.48. The number of hydrogen-bond donors (Lipinski definition) is 4. The second-order valence-electron chi connectivity index (χ2n) is 6.06. The van der Waals surface area contributed by atoms with Crippen LogP contribution in [0.5, 0.6) is 11.5 Å². The summed E-state index contributed by atoms with van der Waals surface area (Å²) in [5.41, 5.74) is 5.03. The fourth-order valence-corrected chi connectivity index (χ4v) is 2.07. The van der Waals surface area contributed by atoms with Crippen molar-refractivity contribution < 1.29 is 44.3 Å². The average Bonchev–Trinajstić information content (AvgIpc) is 2.55. The van der Waals surface area contributed by atoms with Gasteiger partial charge in [0.15, 0.2) is 11.5 Å². The highest BCUT2D eigenvalue weighted by Gasteiger charge is 2.30. The van der Waals surface area contributed by atoms with Crippen LogP contribution in [0.25, 0.3) is 0 Å². The standard InChI is InChI=1S/C17H22N2O8.H2O/c1-10(20)19-6-3-7-26-16(25)17(2,18)9-11-4-5-13(12(21)8-11)27-15(24)14(22)23;/h4-5,8,21H,3,6-7,9,18H2,1-2H3,(H,19,20)(H,22,23);1H2/t17-;/m0./s1. The Kier molecular flexibility index (Phi) is 9.61. The Balaban J connectivity index is 0.00000729. The van der Waals surface area contributed by atoms with Crippen LogP contribution in [0.3, 0.4) is 0 Å². The quantitative estimate of drug-likeness (QED) is 0.181. The molecule has 0 aromatic heterocycles. The first-order valence-corrected chi connectivity index (χ1v) is 8.00. The number of amides is 1. The number of benzene rings is 1. The van der Waals surface area contributed by atoms with Crippen LogP contribution in [0.2, 0.25) is 0 Å². The van der Waals surface area contributed by atoms with Gasteiger partial charge < -0.3 is 36.2 Å². The molecule has 0 spiro atoms. The number of aliphatic carboxylic acids is 1. The summed E-state index contributed by atoms with van der Waals surface area (Å²) < 4.78 is 9.57. The van der Waals surface area contributed by atoms with Crippen molar-refractivity contribution in [2.45, 2.75) is 32.2 Å². The number of nitrogens with two attached hydrogens (primary N) is 1. The lowest BCUT2D eigenvalue weighted by molar-refractivity contribution is -0.158. The molecule has 0 radical (unpaired) electrons. The summed E-state index contributed by atoms with van der Waals surface area (Å²) in [5, 5.41) is 20.9. The van der Waals surface area contributed by atoms with Gasteiger partial charge in [-0.2, -0.15) is 0 Å². The minimum absolute atomic E-state index is 0. The largest absolute Gasteiger partial charge is 0.504 e. The zero-order valence-electron chi connectivity index (χ0n) is 15.5. The van der Waals surface area contributed by atoms with Gasteiger partial charge in [0.1, 0.15) is 5.54 Å². The molecule has 0 fully saturated rings. The Morgan fingerprint density at radius 3 is 2.43 bits per heavy atom. The number of hydrogen-bond acceptors (Lipinski definition) is 8. The zero-order valence-corrected chi connectivity index (χ0v) is 15.5. The number of phenolic OH excluding ortho intramolecular Hbond substituents is 1. The Morgan fingerprint density at radius 2 is 1.89 bits per heavy atom. The Hall–Kier alpha value is -3.18. The summed E-state index contributed by atoms with van der Waals surface area (Å²) in [6, 6.07) is 3.83. The second kappa shape index (κ2) is 10.8. The maximum absolute atomic E-state index is 12.1. The van der Waals surface area contributed by atoms with E-state index in [9.17, 15) is 24.3 Å². The van der Waals surface area contributed by atoms with Crippen LogP contribution >= 0.6 is 0 Å². The van der Waals surface area contributed by atoms with Gasteiger partial charge in [-0.05, 0) is 31.0 Å². The monoisotopic (exact) mass is 400 g/mol. The molecule has 7 N–H and O–H groups in total. The van der Waals surface area contributed by atoms with E-state index in [4.69, 9.17) is 15.6 Å². The average molecular weight is 400 g/mol. The molecular formula is C17H24N2O9. The van der Waals surface area contributed by atoms with Crippen molar-refractivity contribution in [3.63, 3.8) is 0 Å². The highest BCUT2D eigenvalue weighted by Crippen LogP contribution is 2.28. The van der Waals surface area contributed by atoms with Gasteiger partial charge >= 0.3 is 17.9 Å². The number of carbonyl (C=O) groups excluding carboxylic acids is 3. The highest BCUT2D eigenvalue weighted by molar-refractivity contribution is 6.29. The maximum Gasteiger partial charge on any atom is 0.422 e. The van der Waals surface area contributed by atoms with E-state index < -0.39 is 29.2 Å². The fourth-order valence-electron chi connectivity index (χ4n) is 2.07. The molecule has 0 aliphatic rings. The Labute approximate surface area is 160 Å². The van der Waals surface area contributed by atoms with E-state index in [1.807, 2.05) is 0 Å². The number of esters is 2. The normalized spacial score (nSPS) is 12.1. The molecule has 28 heavy (non-hydrogen) atoms. The van der Waals surface area contributed by atoms with Crippen LogP contribution in [-0.2, 0) is 30.3 Å². The number of ether oxygens (including phenoxy) is 2. The first-order valence-electron chi connectivity index (χ1n) is 8.00. The van der Waals surface area contributed by atoms with Gasteiger partial charge in [0, 0.05) is 19.9 Å². The SMILES string of the molecule is CC(=O)NCCCOC(=O)[C@@](C)(N)Cc1ccc(OC(=O)C(=O)O)c(O)c1.O. The van der Waals surface area contributed by atoms with Gasteiger partial charge in [0.2, 0.25) is 5.91 Å². The molecule has 1 atom stereocenters. The summed E-state index contributed by atoms with van der Waals surface area (Å²) in [4.78, 5) is 44.3. The van der Waals surface area contributed by atoms with Gasteiger partial charge in [-0.1, -0.05) is 6.07 Å². The van der Waals surface area contributed by atoms with Gasteiger partial charge in [-0.3, -0.25) is 9.59 Å². The van der Waals surface area contributed by atoms with E-state index in [0.717, 1.165) is 0 Å². The lowest BCUT2D eigenvalue weighted by atomic mass is 9.94. The lowest BCUT2D eigenvalue weighted by Gasteiger charge is -2.23. The molecule has 1 aromatic carbocycles. The Morgan fingerprint density at radius 1 is 1.25 bits per heavy atom. The molecule has 11 heteroatoms. The van der Waals surface area contributed by atoms with Crippen molar-refractivity contribution in [1.29, 1.82) is 0 Å². The van der Waals surface area contributed by atoms with Gasteiger partial charge in [-0.25, -0.2) is 9.59 Å². The summed E-state index contributed by atoms with van der Waals surface area (Å²) in [5.74, 6) is -4.97. The van der Waals surface area contributed by atoms with Crippen LogP contribution in [0, 0.1) is 0 Å².